The first-order chi connectivity index (χ1) is 8.83. The van der Waals surface area contributed by atoms with E-state index in [-0.39, 0.29) is 5.11 Å². The van der Waals surface area contributed by atoms with E-state index in [1.807, 2.05) is 6.92 Å². The molecule has 0 aromatic carbocycles. The highest BCUT2D eigenvalue weighted by Crippen LogP contribution is 2.41. The molecular weight excluding hydrogens is 254 g/mol. The molecule has 1 rings (SSSR count). The van der Waals surface area contributed by atoms with E-state index >= 15 is 0 Å². The third kappa shape index (κ3) is 5.15. The number of hydrogen-bond donors (Lipinski definition) is 2. The van der Waals surface area contributed by atoms with Gasteiger partial charge in [-0.15, -0.1) is 0 Å². The zero-order valence-electron chi connectivity index (χ0n) is 12.4. The fourth-order valence-corrected chi connectivity index (χ4v) is 2.69. The summed E-state index contributed by atoms with van der Waals surface area (Å²) in [4.78, 5) is 0. The number of hydrogen-bond acceptors (Lipinski definition) is 2. The Balaban J connectivity index is 2.68. The molecule has 3 N–H and O–H groups in total. The lowest BCUT2D eigenvalue weighted by Gasteiger charge is -2.34. The Hall–Kier alpha value is -1.16. The fraction of sp³-hybridized carbons (Fsp3) is 0.600. The Bertz CT molecular complexity index is 431. The number of allylic oxidation sites excluding steroid dienone is 4. The number of hydrazone groups is 1. The number of nitrogens with two attached hydrogens (primary N) is 1. The summed E-state index contributed by atoms with van der Waals surface area (Å²) in [6.07, 6.45) is 8.81. The topological polar surface area (TPSA) is 50.4 Å². The summed E-state index contributed by atoms with van der Waals surface area (Å²) in [5.74, 6) is 0. The minimum absolute atomic E-state index is 0.191. The molecule has 0 aromatic heterocycles. The van der Waals surface area contributed by atoms with Crippen molar-refractivity contribution >= 4 is 23.5 Å². The largest absolute Gasteiger partial charge is 0.375 e. The minimum atomic E-state index is 0.191. The van der Waals surface area contributed by atoms with Crippen LogP contribution < -0.4 is 11.2 Å². The molecule has 1 aliphatic rings. The first-order valence-corrected chi connectivity index (χ1v) is 7.18. The number of rotatable bonds is 4. The van der Waals surface area contributed by atoms with E-state index in [1.165, 1.54) is 19.3 Å². The SMILES string of the molecule is CC1=C(C/C=C(C)/C=N/NC(N)=S)C(C)(C)CCC1. The van der Waals surface area contributed by atoms with Crippen molar-refractivity contribution in [3.63, 3.8) is 0 Å². The van der Waals surface area contributed by atoms with E-state index in [2.05, 4.69) is 49.6 Å². The molecule has 0 amide bonds. The average Bonchev–Trinajstić information content (AvgIpc) is 2.26. The maximum atomic E-state index is 5.30. The molecule has 0 fully saturated rings. The summed E-state index contributed by atoms with van der Waals surface area (Å²) in [7, 11) is 0. The first kappa shape index (κ1) is 15.9. The molecule has 0 heterocycles. The van der Waals surface area contributed by atoms with Gasteiger partial charge in [0.05, 0.1) is 0 Å². The Kier molecular flexibility index (Phi) is 5.73. The zero-order valence-corrected chi connectivity index (χ0v) is 13.2. The van der Waals surface area contributed by atoms with Crippen LogP contribution in [0.4, 0.5) is 0 Å². The molecule has 4 heteroatoms. The van der Waals surface area contributed by atoms with E-state index in [4.69, 9.17) is 5.73 Å². The van der Waals surface area contributed by atoms with E-state index < -0.39 is 0 Å². The monoisotopic (exact) mass is 279 g/mol. The normalized spacial score (nSPS) is 19.9. The number of nitrogens with zero attached hydrogens (tertiary/aromatic N) is 1. The summed E-state index contributed by atoms with van der Waals surface area (Å²) in [6.45, 7) is 8.99. The second-order valence-corrected chi connectivity index (χ2v) is 6.32. The van der Waals surface area contributed by atoms with Crippen LogP contribution in [0, 0.1) is 5.41 Å². The number of nitrogens with one attached hydrogen (secondary N) is 1. The van der Waals surface area contributed by atoms with Gasteiger partial charge in [-0.2, -0.15) is 5.10 Å². The second-order valence-electron chi connectivity index (χ2n) is 5.88. The maximum absolute atomic E-state index is 5.30. The quantitative estimate of drug-likeness (QED) is 0.357. The number of thiocarbonyl (C=S) groups is 1. The van der Waals surface area contributed by atoms with E-state index in [9.17, 15) is 0 Å². The molecule has 106 valence electrons. The van der Waals surface area contributed by atoms with Crippen molar-refractivity contribution in [3.05, 3.63) is 22.8 Å². The third-order valence-corrected chi connectivity index (χ3v) is 3.85. The van der Waals surface area contributed by atoms with Crippen molar-refractivity contribution in [2.75, 3.05) is 0 Å². The van der Waals surface area contributed by atoms with Crippen LogP contribution in [0.15, 0.2) is 27.9 Å². The molecule has 0 aromatic rings. The highest BCUT2D eigenvalue weighted by molar-refractivity contribution is 7.80. The summed E-state index contributed by atoms with van der Waals surface area (Å²) in [5, 5.41) is 4.16. The van der Waals surface area contributed by atoms with Crippen LogP contribution >= 0.6 is 12.2 Å². The van der Waals surface area contributed by atoms with Gasteiger partial charge in [0.1, 0.15) is 0 Å². The van der Waals surface area contributed by atoms with Gasteiger partial charge >= 0.3 is 0 Å². The minimum Gasteiger partial charge on any atom is -0.375 e. The van der Waals surface area contributed by atoms with Gasteiger partial charge in [-0.25, -0.2) is 0 Å². The Morgan fingerprint density at radius 2 is 2.21 bits per heavy atom. The van der Waals surface area contributed by atoms with Gasteiger partial charge in [0, 0.05) is 6.21 Å². The summed E-state index contributed by atoms with van der Waals surface area (Å²) < 4.78 is 0. The maximum Gasteiger partial charge on any atom is 0.184 e. The third-order valence-electron chi connectivity index (χ3n) is 3.76. The lowest BCUT2D eigenvalue weighted by molar-refractivity contribution is 0.360. The van der Waals surface area contributed by atoms with E-state index in [0.717, 1.165) is 12.0 Å². The van der Waals surface area contributed by atoms with Crippen molar-refractivity contribution in [2.24, 2.45) is 16.3 Å². The molecule has 0 spiro atoms. The van der Waals surface area contributed by atoms with Crippen LogP contribution in [0.25, 0.3) is 0 Å². The molecule has 0 aliphatic heterocycles. The van der Waals surface area contributed by atoms with Crippen LogP contribution in [0.5, 0.6) is 0 Å². The van der Waals surface area contributed by atoms with Gasteiger partial charge in [0.2, 0.25) is 0 Å². The summed E-state index contributed by atoms with van der Waals surface area (Å²) >= 11 is 4.69. The standard InChI is InChI=1S/C15H25N3S/c1-11(10-17-18-14(16)19)7-8-13-12(2)6-5-9-15(13,3)4/h7,10H,5-6,8-9H2,1-4H3,(H3,16,18,19)/b11-7+,17-10+. The Morgan fingerprint density at radius 1 is 1.53 bits per heavy atom. The molecule has 0 atom stereocenters. The lowest BCUT2D eigenvalue weighted by atomic mass is 9.71. The van der Waals surface area contributed by atoms with E-state index in [1.54, 1.807) is 17.4 Å². The first-order valence-electron chi connectivity index (χ1n) is 6.77. The van der Waals surface area contributed by atoms with Gasteiger partial charge < -0.3 is 5.73 Å². The molecule has 0 saturated carbocycles. The lowest BCUT2D eigenvalue weighted by Crippen LogP contribution is -2.24. The zero-order chi connectivity index (χ0) is 14.5. The van der Waals surface area contributed by atoms with Gasteiger partial charge in [-0.05, 0) is 62.7 Å². The van der Waals surface area contributed by atoms with Crippen LogP contribution in [0.1, 0.15) is 53.4 Å². The highest BCUT2D eigenvalue weighted by atomic mass is 32.1. The second kappa shape index (κ2) is 6.85. The molecule has 0 bridgehead atoms. The van der Waals surface area contributed by atoms with Gasteiger partial charge in [0.25, 0.3) is 0 Å². The predicted octanol–water partition coefficient (Wildman–Crippen LogP) is 3.67. The average molecular weight is 279 g/mol. The van der Waals surface area contributed by atoms with Gasteiger partial charge in [-0.1, -0.05) is 31.1 Å². The smallest absolute Gasteiger partial charge is 0.184 e. The summed E-state index contributed by atoms with van der Waals surface area (Å²) in [6, 6.07) is 0. The molecule has 19 heavy (non-hydrogen) atoms. The van der Waals surface area contributed by atoms with Gasteiger partial charge in [-0.3, -0.25) is 5.43 Å². The van der Waals surface area contributed by atoms with Crippen molar-refractivity contribution in [3.8, 4) is 0 Å². The fourth-order valence-electron chi connectivity index (χ4n) is 2.64. The van der Waals surface area contributed by atoms with Gasteiger partial charge in [0.15, 0.2) is 5.11 Å². The van der Waals surface area contributed by atoms with Crippen molar-refractivity contribution in [2.45, 2.75) is 53.4 Å². The predicted molar refractivity (Wildman–Crippen MR) is 87.1 cm³/mol. The molecule has 3 nitrogen and oxygen atoms in total. The van der Waals surface area contributed by atoms with Crippen LogP contribution in [0.2, 0.25) is 0 Å². The highest BCUT2D eigenvalue weighted by Gasteiger charge is 2.27. The summed E-state index contributed by atoms with van der Waals surface area (Å²) in [5.41, 5.74) is 12.4. The van der Waals surface area contributed by atoms with Crippen LogP contribution in [-0.4, -0.2) is 11.3 Å². The molecule has 1 aliphatic carbocycles. The molecule has 0 radical (unpaired) electrons. The van der Waals surface area contributed by atoms with Crippen LogP contribution in [-0.2, 0) is 0 Å². The van der Waals surface area contributed by atoms with E-state index in [0.29, 0.717) is 5.41 Å². The van der Waals surface area contributed by atoms with Crippen molar-refractivity contribution in [1.29, 1.82) is 0 Å². The molecule has 0 unspecified atom stereocenters. The van der Waals surface area contributed by atoms with Crippen molar-refractivity contribution < 1.29 is 0 Å². The molecular formula is C15H25N3S. The van der Waals surface area contributed by atoms with Crippen molar-refractivity contribution in [1.82, 2.24) is 5.43 Å². The molecule has 0 saturated heterocycles. The van der Waals surface area contributed by atoms with Crippen LogP contribution in [0.3, 0.4) is 0 Å². The Labute approximate surface area is 122 Å². The Morgan fingerprint density at radius 3 is 2.79 bits per heavy atom.